The molecular weight excluding hydrogens is 360 g/mol. The van der Waals surface area contributed by atoms with Crippen LogP contribution in [0.1, 0.15) is 23.8 Å². The third-order valence-corrected chi connectivity index (χ3v) is 4.25. The van der Waals surface area contributed by atoms with Gasteiger partial charge in [-0.25, -0.2) is 14.7 Å². The molecule has 0 saturated carbocycles. The van der Waals surface area contributed by atoms with Gasteiger partial charge in [-0.05, 0) is 6.42 Å². The minimum Gasteiger partial charge on any atom is -0.382 e. The summed E-state index contributed by atoms with van der Waals surface area (Å²) in [6, 6.07) is 0. The van der Waals surface area contributed by atoms with E-state index in [9.17, 15) is 13.2 Å². The fraction of sp³-hybridized carbons (Fsp3) is 0.455. The predicted octanol–water partition coefficient (Wildman–Crippen LogP) is -0.615. The van der Waals surface area contributed by atoms with E-state index in [1.807, 2.05) is 11.6 Å². The number of rotatable bonds is 6. The zero-order valence-corrected chi connectivity index (χ0v) is 14.9. The summed E-state index contributed by atoms with van der Waals surface area (Å²) >= 11 is 5.92. The van der Waals surface area contributed by atoms with Crippen molar-refractivity contribution in [2.45, 2.75) is 13.3 Å². The molecule has 0 radical (unpaired) electrons. The van der Waals surface area contributed by atoms with Crippen LogP contribution in [0.25, 0.3) is 0 Å². The number of nitrogens with zero attached hydrogens (tertiary/aromatic N) is 4. The van der Waals surface area contributed by atoms with Crippen molar-refractivity contribution in [3.8, 4) is 0 Å². The van der Waals surface area contributed by atoms with E-state index in [-0.39, 0.29) is 22.5 Å². The zero-order valence-electron chi connectivity index (χ0n) is 13.4. The number of hydrogen-bond acceptors (Lipinski definition) is 7. The van der Waals surface area contributed by atoms with Gasteiger partial charge in [0.05, 0.1) is 0 Å². The summed E-state index contributed by atoms with van der Waals surface area (Å²) in [5.41, 5.74) is 10.7. The lowest BCUT2D eigenvalue weighted by Crippen LogP contribution is -2.43. The second kappa shape index (κ2) is 8.08. The first-order valence-corrected chi connectivity index (χ1v) is 8.56. The first kappa shape index (κ1) is 19.9. The molecular formula is C11H19ClN8O3S. The zero-order chi connectivity index (χ0) is 18.5. The number of halogens is 1. The van der Waals surface area contributed by atoms with Crippen LogP contribution < -0.4 is 21.5 Å². The SMILES string of the molecule is CCCNc1nc(N)c(C(=O)/N=C(/N)NS(=O)(=O)N(C)C)nc1Cl. The summed E-state index contributed by atoms with van der Waals surface area (Å²) in [4.78, 5) is 23.2. The van der Waals surface area contributed by atoms with Crippen molar-refractivity contribution in [2.75, 3.05) is 31.7 Å². The smallest absolute Gasteiger partial charge is 0.303 e. The van der Waals surface area contributed by atoms with Gasteiger partial charge < -0.3 is 16.8 Å². The van der Waals surface area contributed by atoms with E-state index in [2.05, 4.69) is 20.3 Å². The van der Waals surface area contributed by atoms with E-state index >= 15 is 0 Å². The average molecular weight is 379 g/mol. The molecule has 6 N–H and O–H groups in total. The third-order valence-electron chi connectivity index (χ3n) is 2.56. The maximum atomic E-state index is 12.0. The topological polar surface area (TPSA) is 169 Å². The lowest BCUT2D eigenvalue weighted by Gasteiger charge is -2.12. The van der Waals surface area contributed by atoms with Gasteiger partial charge in [0.1, 0.15) is 0 Å². The highest BCUT2D eigenvalue weighted by Gasteiger charge is 2.19. The van der Waals surface area contributed by atoms with Gasteiger partial charge in [0.2, 0.25) is 5.96 Å². The van der Waals surface area contributed by atoms with Crippen molar-refractivity contribution >= 4 is 45.3 Å². The number of nitrogens with one attached hydrogen (secondary N) is 2. The minimum absolute atomic E-state index is 0.0661. The van der Waals surface area contributed by atoms with E-state index in [0.29, 0.717) is 6.54 Å². The molecule has 13 heteroatoms. The molecule has 0 unspecified atom stereocenters. The van der Waals surface area contributed by atoms with Gasteiger partial charge in [-0.2, -0.15) is 17.7 Å². The second-order valence-electron chi connectivity index (χ2n) is 4.72. The van der Waals surface area contributed by atoms with Crippen LogP contribution in [0.4, 0.5) is 11.6 Å². The van der Waals surface area contributed by atoms with Gasteiger partial charge in [-0.15, -0.1) is 0 Å². The first-order valence-electron chi connectivity index (χ1n) is 6.74. The number of carbonyl (C=O) groups is 1. The van der Waals surface area contributed by atoms with Gasteiger partial charge >= 0.3 is 16.1 Å². The number of guanidine groups is 1. The van der Waals surface area contributed by atoms with E-state index in [0.717, 1.165) is 10.7 Å². The first-order chi connectivity index (χ1) is 11.1. The minimum atomic E-state index is -3.89. The number of amides is 1. The van der Waals surface area contributed by atoms with Crippen LogP contribution in [0.3, 0.4) is 0 Å². The lowest BCUT2D eigenvalue weighted by molar-refractivity contribution is 0.0998. The van der Waals surface area contributed by atoms with E-state index < -0.39 is 22.1 Å². The molecule has 0 fully saturated rings. The molecule has 0 aliphatic heterocycles. The summed E-state index contributed by atoms with van der Waals surface area (Å²) in [5.74, 6) is -1.60. The number of hydrogen-bond donors (Lipinski definition) is 4. The van der Waals surface area contributed by atoms with Crippen molar-refractivity contribution in [3.05, 3.63) is 10.8 Å². The van der Waals surface area contributed by atoms with Crippen LogP contribution in [-0.4, -0.2) is 55.2 Å². The Morgan fingerprint density at radius 1 is 1.38 bits per heavy atom. The largest absolute Gasteiger partial charge is 0.382 e. The number of carbonyl (C=O) groups excluding carboxylic acids is 1. The molecule has 0 aliphatic carbocycles. The Hall–Kier alpha value is -2.18. The van der Waals surface area contributed by atoms with Crippen LogP contribution in [0.15, 0.2) is 4.99 Å². The molecule has 1 aromatic heterocycles. The van der Waals surface area contributed by atoms with Gasteiger partial charge in [-0.3, -0.25) is 4.79 Å². The molecule has 24 heavy (non-hydrogen) atoms. The Bertz CT molecular complexity index is 750. The second-order valence-corrected chi connectivity index (χ2v) is 6.96. The summed E-state index contributed by atoms with van der Waals surface area (Å²) in [5, 5.41) is 2.83. The van der Waals surface area contributed by atoms with Crippen molar-refractivity contribution in [1.29, 1.82) is 0 Å². The van der Waals surface area contributed by atoms with Gasteiger partial charge in [0.25, 0.3) is 0 Å². The van der Waals surface area contributed by atoms with E-state index in [4.69, 9.17) is 23.1 Å². The van der Waals surface area contributed by atoms with Crippen LogP contribution in [-0.2, 0) is 10.2 Å². The molecule has 1 aromatic rings. The van der Waals surface area contributed by atoms with Crippen LogP contribution in [0, 0.1) is 0 Å². The van der Waals surface area contributed by atoms with E-state index in [1.165, 1.54) is 14.1 Å². The van der Waals surface area contributed by atoms with Gasteiger partial charge in [0, 0.05) is 20.6 Å². The van der Waals surface area contributed by atoms with Crippen molar-refractivity contribution in [2.24, 2.45) is 10.7 Å². The number of anilines is 2. The number of aromatic nitrogens is 2. The highest BCUT2D eigenvalue weighted by atomic mass is 35.5. The highest BCUT2D eigenvalue weighted by molar-refractivity contribution is 7.87. The Morgan fingerprint density at radius 3 is 2.54 bits per heavy atom. The molecule has 0 aliphatic rings. The summed E-state index contributed by atoms with van der Waals surface area (Å²) in [6.45, 7) is 2.54. The fourth-order valence-corrected chi connectivity index (χ4v) is 2.04. The van der Waals surface area contributed by atoms with Crippen molar-refractivity contribution < 1.29 is 13.2 Å². The molecule has 0 bridgehead atoms. The number of aliphatic imine (C=N–C) groups is 1. The predicted molar refractivity (Wildman–Crippen MR) is 91.9 cm³/mol. The molecule has 0 aromatic carbocycles. The number of nitrogen functional groups attached to an aromatic ring is 1. The van der Waals surface area contributed by atoms with Crippen LogP contribution in [0.5, 0.6) is 0 Å². The molecule has 11 nitrogen and oxygen atoms in total. The summed E-state index contributed by atoms with van der Waals surface area (Å²) in [7, 11) is -1.33. The number of nitrogens with two attached hydrogens (primary N) is 2. The maximum Gasteiger partial charge on any atom is 0.303 e. The highest BCUT2D eigenvalue weighted by Crippen LogP contribution is 2.20. The Balaban J connectivity index is 3.03. The molecule has 134 valence electrons. The summed E-state index contributed by atoms with van der Waals surface area (Å²) in [6.07, 6.45) is 0.825. The van der Waals surface area contributed by atoms with E-state index in [1.54, 1.807) is 0 Å². The van der Waals surface area contributed by atoms with Crippen LogP contribution in [0.2, 0.25) is 5.15 Å². The molecule has 0 saturated heterocycles. The van der Waals surface area contributed by atoms with Gasteiger partial charge in [0.15, 0.2) is 22.5 Å². The standard InChI is InChI=1S/C11H19ClN8O3S/c1-4-5-15-9-7(12)16-6(8(13)17-9)10(21)18-11(14)19-24(22,23)20(2)3/h4-5H2,1-3H3,(H3,13,15,17)(H3,14,18,19,21). The Labute approximate surface area is 144 Å². The quantitative estimate of drug-likeness (QED) is 0.375. The molecule has 0 atom stereocenters. The molecule has 1 rings (SSSR count). The van der Waals surface area contributed by atoms with Crippen molar-refractivity contribution in [1.82, 2.24) is 19.0 Å². The van der Waals surface area contributed by atoms with Crippen molar-refractivity contribution in [3.63, 3.8) is 0 Å². The molecule has 1 heterocycles. The monoisotopic (exact) mass is 378 g/mol. The average Bonchev–Trinajstić information content (AvgIpc) is 2.46. The Morgan fingerprint density at radius 2 is 2.00 bits per heavy atom. The lowest BCUT2D eigenvalue weighted by atomic mass is 10.4. The fourth-order valence-electron chi connectivity index (χ4n) is 1.35. The third kappa shape index (κ3) is 5.18. The normalized spacial score (nSPS) is 12.3. The van der Waals surface area contributed by atoms with Crippen LogP contribution >= 0.6 is 11.6 Å². The molecule has 0 spiro atoms. The van der Waals surface area contributed by atoms with Gasteiger partial charge in [-0.1, -0.05) is 18.5 Å². The maximum absolute atomic E-state index is 12.0. The summed E-state index contributed by atoms with van der Waals surface area (Å²) < 4.78 is 25.9. The molecule has 1 amide bonds. The Kier molecular flexibility index (Phi) is 6.69.